The molecule has 0 amide bonds. The number of nitrogens with zero attached hydrogens (tertiary/aromatic N) is 2. The van der Waals surface area contributed by atoms with Crippen molar-refractivity contribution in [3.05, 3.63) is 48.0 Å². The average Bonchev–Trinajstić information content (AvgIpc) is 2.82. The van der Waals surface area contributed by atoms with Gasteiger partial charge in [0.25, 0.3) is 0 Å². The maximum atomic E-state index is 5.67. The molecule has 0 fully saturated rings. The van der Waals surface area contributed by atoms with Gasteiger partial charge in [-0.05, 0) is 24.6 Å². The monoisotopic (exact) mass is 269 g/mol. The maximum absolute atomic E-state index is 5.67. The van der Waals surface area contributed by atoms with Crippen LogP contribution in [0.25, 0.3) is 11.2 Å². The first-order valence-corrected chi connectivity index (χ1v) is 6.47. The van der Waals surface area contributed by atoms with Crippen LogP contribution in [0.5, 0.6) is 5.75 Å². The number of fused-ring (bicyclic) bond motifs is 1. The van der Waals surface area contributed by atoms with E-state index in [0.29, 0.717) is 35.8 Å². The molecular weight excluding hydrogens is 254 g/mol. The van der Waals surface area contributed by atoms with Crippen LogP contribution in [-0.4, -0.2) is 16.6 Å². The van der Waals surface area contributed by atoms with Crippen molar-refractivity contribution in [3.63, 3.8) is 0 Å². The minimum absolute atomic E-state index is 0.571. The Morgan fingerprint density at radius 2 is 2.05 bits per heavy atom. The van der Waals surface area contributed by atoms with Crippen LogP contribution in [-0.2, 0) is 6.42 Å². The van der Waals surface area contributed by atoms with Crippen LogP contribution >= 0.6 is 0 Å². The summed E-state index contributed by atoms with van der Waals surface area (Å²) < 4.78 is 11.1. The fourth-order valence-corrected chi connectivity index (χ4v) is 2.00. The number of benzene rings is 1. The largest absolute Gasteiger partial charge is 0.494 e. The number of anilines is 1. The highest BCUT2D eigenvalue weighted by molar-refractivity contribution is 5.71. The molecule has 0 radical (unpaired) electrons. The second kappa shape index (κ2) is 5.21. The molecule has 0 bridgehead atoms. The minimum Gasteiger partial charge on any atom is -0.494 e. The highest BCUT2D eigenvalue weighted by Gasteiger charge is 2.08. The van der Waals surface area contributed by atoms with Gasteiger partial charge in [-0.1, -0.05) is 12.1 Å². The van der Waals surface area contributed by atoms with Gasteiger partial charge in [-0.3, -0.25) is 0 Å². The van der Waals surface area contributed by atoms with Gasteiger partial charge in [-0.15, -0.1) is 0 Å². The number of nitrogens with two attached hydrogens (primary N) is 1. The molecule has 5 nitrogen and oxygen atoms in total. The zero-order valence-electron chi connectivity index (χ0n) is 11.2. The molecule has 2 N–H and O–H groups in total. The summed E-state index contributed by atoms with van der Waals surface area (Å²) in [5.74, 6) is 1.49. The van der Waals surface area contributed by atoms with Gasteiger partial charge in [-0.25, -0.2) is 4.98 Å². The van der Waals surface area contributed by atoms with E-state index >= 15 is 0 Å². The number of rotatable bonds is 4. The number of aromatic nitrogens is 2. The number of hydrogen-bond donors (Lipinski definition) is 1. The van der Waals surface area contributed by atoms with Gasteiger partial charge in [0.15, 0.2) is 11.2 Å². The van der Waals surface area contributed by atoms with E-state index in [0.717, 1.165) is 11.3 Å². The molecule has 0 saturated carbocycles. The molecule has 0 aliphatic carbocycles. The van der Waals surface area contributed by atoms with E-state index < -0.39 is 0 Å². The van der Waals surface area contributed by atoms with Gasteiger partial charge < -0.3 is 14.9 Å². The van der Waals surface area contributed by atoms with E-state index in [4.69, 9.17) is 14.9 Å². The Morgan fingerprint density at radius 3 is 2.80 bits per heavy atom. The van der Waals surface area contributed by atoms with Crippen LogP contribution in [0, 0.1) is 0 Å². The molecule has 0 saturated heterocycles. The zero-order valence-corrected chi connectivity index (χ0v) is 11.2. The summed E-state index contributed by atoms with van der Waals surface area (Å²) in [6.45, 7) is 2.63. The number of nitrogen functional groups attached to an aromatic ring is 1. The van der Waals surface area contributed by atoms with Gasteiger partial charge in [0.1, 0.15) is 5.75 Å². The second-order valence-corrected chi connectivity index (χ2v) is 4.45. The number of pyridine rings is 1. The molecule has 0 spiro atoms. The Kier molecular flexibility index (Phi) is 3.25. The molecular formula is C15H15N3O2. The Morgan fingerprint density at radius 1 is 1.25 bits per heavy atom. The fourth-order valence-electron chi connectivity index (χ4n) is 2.00. The summed E-state index contributed by atoms with van der Waals surface area (Å²) in [4.78, 5) is 8.47. The van der Waals surface area contributed by atoms with Gasteiger partial charge in [-0.2, -0.15) is 4.98 Å². The number of oxazole rings is 1. The molecule has 0 atom stereocenters. The quantitative estimate of drug-likeness (QED) is 0.788. The summed E-state index contributed by atoms with van der Waals surface area (Å²) in [6, 6.07) is 9.62. The van der Waals surface area contributed by atoms with Crippen molar-refractivity contribution in [1.29, 1.82) is 0 Å². The van der Waals surface area contributed by atoms with E-state index in [1.165, 1.54) is 0 Å². The Bertz CT molecular complexity index is 720. The lowest BCUT2D eigenvalue weighted by Gasteiger charge is -2.03. The third kappa shape index (κ3) is 2.56. The van der Waals surface area contributed by atoms with E-state index in [1.807, 2.05) is 31.2 Å². The molecule has 0 aliphatic rings. The van der Waals surface area contributed by atoms with Crippen molar-refractivity contribution in [2.75, 3.05) is 12.3 Å². The Labute approximate surface area is 116 Å². The van der Waals surface area contributed by atoms with Gasteiger partial charge in [0.05, 0.1) is 18.5 Å². The summed E-state index contributed by atoms with van der Waals surface area (Å²) in [7, 11) is 0. The standard InChI is InChI=1S/C15H15N3O2/c1-2-19-12-5-3-10(4-6-12)7-14-18-15-13(20-14)8-11(16)9-17-15/h3-6,8-9H,2,7,16H2,1H3. The SMILES string of the molecule is CCOc1ccc(Cc2nc3ncc(N)cc3o2)cc1. The first kappa shape index (κ1) is 12.5. The lowest BCUT2D eigenvalue weighted by atomic mass is 10.1. The molecule has 2 aromatic heterocycles. The fraction of sp³-hybridized carbons (Fsp3) is 0.200. The molecule has 1 aromatic carbocycles. The third-order valence-electron chi connectivity index (χ3n) is 2.90. The van der Waals surface area contributed by atoms with E-state index in [2.05, 4.69) is 9.97 Å². The van der Waals surface area contributed by atoms with Gasteiger partial charge >= 0.3 is 0 Å². The molecule has 5 heteroatoms. The maximum Gasteiger partial charge on any atom is 0.201 e. The van der Waals surface area contributed by atoms with Crippen molar-refractivity contribution in [2.24, 2.45) is 0 Å². The Hall–Kier alpha value is -2.56. The molecule has 0 unspecified atom stereocenters. The van der Waals surface area contributed by atoms with Crippen LogP contribution in [0.3, 0.4) is 0 Å². The lowest BCUT2D eigenvalue weighted by Crippen LogP contribution is -1.92. The lowest BCUT2D eigenvalue weighted by molar-refractivity contribution is 0.340. The van der Waals surface area contributed by atoms with Crippen molar-refractivity contribution in [1.82, 2.24) is 9.97 Å². The average molecular weight is 269 g/mol. The summed E-state index contributed by atoms with van der Waals surface area (Å²) >= 11 is 0. The molecule has 2 heterocycles. The first-order valence-electron chi connectivity index (χ1n) is 6.47. The molecule has 20 heavy (non-hydrogen) atoms. The van der Waals surface area contributed by atoms with E-state index in [1.54, 1.807) is 12.3 Å². The summed E-state index contributed by atoms with van der Waals surface area (Å²) in [6.07, 6.45) is 2.19. The highest BCUT2D eigenvalue weighted by atomic mass is 16.5. The van der Waals surface area contributed by atoms with Crippen LogP contribution in [0.15, 0.2) is 40.9 Å². The second-order valence-electron chi connectivity index (χ2n) is 4.45. The number of ether oxygens (including phenoxy) is 1. The van der Waals surface area contributed by atoms with Crippen molar-refractivity contribution >= 4 is 16.9 Å². The van der Waals surface area contributed by atoms with Gasteiger partial charge in [0.2, 0.25) is 5.89 Å². The van der Waals surface area contributed by atoms with E-state index in [9.17, 15) is 0 Å². The first-order chi connectivity index (χ1) is 9.74. The normalized spacial score (nSPS) is 10.8. The minimum atomic E-state index is 0.571. The predicted octanol–water partition coefficient (Wildman–Crippen LogP) is 2.79. The zero-order chi connectivity index (χ0) is 13.9. The predicted molar refractivity (Wildman–Crippen MR) is 76.6 cm³/mol. The summed E-state index contributed by atoms with van der Waals surface area (Å²) in [5.41, 5.74) is 8.54. The highest BCUT2D eigenvalue weighted by Crippen LogP contribution is 2.19. The Balaban J connectivity index is 1.81. The van der Waals surface area contributed by atoms with Crippen molar-refractivity contribution in [3.8, 4) is 5.75 Å². The van der Waals surface area contributed by atoms with E-state index in [-0.39, 0.29) is 0 Å². The molecule has 102 valence electrons. The van der Waals surface area contributed by atoms with Crippen molar-refractivity contribution in [2.45, 2.75) is 13.3 Å². The smallest absolute Gasteiger partial charge is 0.201 e. The van der Waals surface area contributed by atoms with Crippen LogP contribution in [0.1, 0.15) is 18.4 Å². The molecule has 0 aliphatic heterocycles. The summed E-state index contributed by atoms with van der Waals surface area (Å²) in [5, 5.41) is 0. The van der Waals surface area contributed by atoms with Crippen LogP contribution < -0.4 is 10.5 Å². The molecule has 3 rings (SSSR count). The van der Waals surface area contributed by atoms with Gasteiger partial charge in [0, 0.05) is 12.5 Å². The topological polar surface area (TPSA) is 74.2 Å². The van der Waals surface area contributed by atoms with Crippen LogP contribution in [0.2, 0.25) is 0 Å². The van der Waals surface area contributed by atoms with Crippen molar-refractivity contribution < 1.29 is 9.15 Å². The third-order valence-corrected chi connectivity index (χ3v) is 2.90. The number of hydrogen-bond acceptors (Lipinski definition) is 5. The van der Waals surface area contributed by atoms with Crippen LogP contribution in [0.4, 0.5) is 5.69 Å². The molecule has 3 aromatic rings.